The van der Waals surface area contributed by atoms with Gasteiger partial charge in [-0.1, -0.05) is 18.2 Å². The summed E-state index contributed by atoms with van der Waals surface area (Å²) in [5.41, 5.74) is 1.10. The molecule has 0 saturated carbocycles. The van der Waals surface area contributed by atoms with E-state index in [0.717, 1.165) is 5.52 Å². The lowest BCUT2D eigenvalue weighted by Crippen LogP contribution is -2.34. The molecular formula is C12H16N2O. The van der Waals surface area contributed by atoms with Crippen LogP contribution in [0.3, 0.4) is 0 Å². The molecule has 0 fully saturated rings. The average Bonchev–Trinajstić information content (AvgIpc) is 2.62. The van der Waals surface area contributed by atoms with Crippen molar-refractivity contribution in [3.05, 3.63) is 36.5 Å². The highest BCUT2D eigenvalue weighted by molar-refractivity contribution is 5.79. The van der Waals surface area contributed by atoms with Gasteiger partial charge < -0.3 is 4.84 Å². The predicted molar refractivity (Wildman–Crippen MR) is 61.7 cm³/mol. The van der Waals surface area contributed by atoms with Crippen molar-refractivity contribution in [3.8, 4) is 0 Å². The summed E-state index contributed by atoms with van der Waals surface area (Å²) in [4.78, 5) is 7.79. The Morgan fingerprint density at radius 3 is 2.67 bits per heavy atom. The van der Waals surface area contributed by atoms with Gasteiger partial charge in [-0.2, -0.15) is 4.73 Å². The molecule has 0 aliphatic rings. The third-order valence-electron chi connectivity index (χ3n) is 2.56. The van der Waals surface area contributed by atoms with Crippen LogP contribution in [-0.2, 0) is 0 Å². The van der Waals surface area contributed by atoms with Gasteiger partial charge in [0.15, 0.2) is 6.23 Å². The molecule has 1 aromatic carbocycles. The summed E-state index contributed by atoms with van der Waals surface area (Å²) < 4.78 is 1.82. The first kappa shape index (κ1) is 10.1. The van der Waals surface area contributed by atoms with Crippen molar-refractivity contribution < 1.29 is 4.84 Å². The van der Waals surface area contributed by atoms with Crippen molar-refractivity contribution in [2.75, 3.05) is 14.1 Å². The average molecular weight is 204 g/mol. The van der Waals surface area contributed by atoms with Gasteiger partial charge in [-0.25, -0.2) is 0 Å². The van der Waals surface area contributed by atoms with Crippen molar-refractivity contribution in [2.24, 2.45) is 0 Å². The third-order valence-corrected chi connectivity index (χ3v) is 2.56. The molecule has 0 aliphatic carbocycles. The quantitative estimate of drug-likeness (QED) is 0.711. The Labute approximate surface area is 89.8 Å². The SMILES string of the molecule is CC(On1ccc2ccccc21)N(C)C. The second kappa shape index (κ2) is 3.95. The molecule has 0 spiro atoms. The molecule has 1 aromatic heterocycles. The van der Waals surface area contributed by atoms with Crippen LogP contribution >= 0.6 is 0 Å². The van der Waals surface area contributed by atoms with Gasteiger partial charge >= 0.3 is 0 Å². The molecule has 0 bridgehead atoms. The second-order valence-electron chi connectivity index (χ2n) is 3.87. The Hall–Kier alpha value is -1.48. The largest absolute Gasteiger partial charge is 0.395 e. The topological polar surface area (TPSA) is 17.4 Å². The molecule has 0 amide bonds. The number of para-hydroxylation sites is 1. The van der Waals surface area contributed by atoms with E-state index in [1.807, 2.05) is 49.0 Å². The van der Waals surface area contributed by atoms with Gasteiger partial charge in [-0.3, -0.25) is 4.90 Å². The molecule has 0 N–H and O–H groups in total. The summed E-state index contributed by atoms with van der Waals surface area (Å²) in [6.07, 6.45) is 2.01. The number of aromatic nitrogens is 1. The molecule has 0 aliphatic heterocycles. The van der Waals surface area contributed by atoms with Crippen molar-refractivity contribution in [1.82, 2.24) is 9.63 Å². The van der Waals surface area contributed by atoms with Crippen molar-refractivity contribution in [2.45, 2.75) is 13.2 Å². The van der Waals surface area contributed by atoms with E-state index in [1.54, 1.807) is 0 Å². The highest BCUT2D eigenvalue weighted by Crippen LogP contribution is 2.14. The molecule has 1 heterocycles. The summed E-state index contributed by atoms with van der Waals surface area (Å²) in [6, 6.07) is 10.2. The van der Waals surface area contributed by atoms with Crippen molar-refractivity contribution >= 4 is 10.9 Å². The van der Waals surface area contributed by atoms with Crippen LogP contribution in [0.4, 0.5) is 0 Å². The summed E-state index contributed by atoms with van der Waals surface area (Å²) >= 11 is 0. The van der Waals surface area contributed by atoms with E-state index in [9.17, 15) is 0 Å². The number of benzene rings is 1. The summed E-state index contributed by atoms with van der Waals surface area (Å²) in [6.45, 7) is 2.02. The number of hydrogen-bond acceptors (Lipinski definition) is 2. The molecular weight excluding hydrogens is 188 g/mol. The minimum absolute atomic E-state index is 0.0563. The van der Waals surface area contributed by atoms with Crippen LogP contribution < -0.4 is 4.84 Å². The van der Waals surface area contributed by atoms with Gasteiger partial charge in [0.05, 0.1) is 5.52 Å². The lowest BCUT2D eigenvalue weighted by Gasteiger charge is -2.21. The highest BCUT2D eigenvalue weighted by atomic mass is 16.7. The smallest absolute Gasteiger partial charge is 0.175 e. The molecule has 15 heavy (non-hydrogen) atoms. The van der Waals surface area contributed by atoms with Crippen LogP contribution in [0.5, 0.6) is 0 Å². The van der Waals surface area contributed by atoms with Gasteiger partial charge in [0.25, 0.3) is 0 Å². The van der Waals surface area contributed by atoms with Crippen LogP contribution in [0.2, 0.25) is 0 Å². The number of nitrogens with zero attached hydrogens (tertiary/aromatic N) is 2. The van der Waals surface area contributed by atoms with Crippen LogP contribution in [0.1, 0.15) is 6.92 Å². The normalized spacial score (nSPS) is 13.3. The van der Waals surface area contributed by atoms with E-state index in [1.165, 1.54) is 5.39 Å². The first-order valence-electron chi connectivity index (χ1n) is 5.08. The lowest BCUT2D eigenvalue weighted by atomic mass is 10.3. The van der Waals surface area contributed by atoms with E-state index in [2.05, 4.69) is 18.2 Å². The zero-order chi connectivity index (χ0) is 10.8. The summed E-state index contributed by atoms with van der Waals surface area (Å²) in [7, 11) is 3.99. The van der Waals surface area contributed by atoms with Gasteiger partial charge in [0.1, 0.15) is 0 Å². The monoisotopic (exact) mass is 204 g/mol. The van der Waals surface area contributed by atoms with Crippen molar-refractivity contribution in [3.63, 3.8) is 0 Å². The maximum Gasteiger partial charge on any atom is 0.175 e. The van der Waals surface area contributed by atoms with Crippen LogP contribution in [0.25, 0.3) is 10.9 Å². The Morgan fingerprint density at radius 1 is 1.20 bits per heavy atom. The minimum Gasteiger partial charge on any atom is -0.395 e. The van der Waals surface area contributed by atoms with Gasteiger partial charge in [0, 0.05) is 11.6 Å². The maximum absolute atomic E-state index is 5.77. The number of fused-ring (bicyclic) bond motifs is 1. The Morgan fingerprint density at radius 2 is 1.93 bits per heavy atom. The lowest BCUT2D eigenvalue weighted by molar-refractivity contribution is -0.0263. The molecule has 1 unspecified atom stereocenters. The Kier molecular flexibility index (Phi) is 2.64. The van der Waals surface area contributed by atoms with Gasteiger partial charge in [-0.15, -0.1) is 0 Å². The Balaban J connectivity index is 2.29. The van der Waals surface area contributed by atoms with Gasteiger partial charge in [0.2, 0.25) is 0 Å². The second-order valence-corrected chi connectivity index (χ2v) is 3.87. The van der Waals surface area contributed by atoms with Crippen LogP contribution in [-0.4, -0.2) is 30.0 Å². The molecule has 0 saturated heterocycles. The number of hydrogen-bond donors (Lipinski definition) is 0. The molecule has 0 radical (unpaired) electrons. The molecule has 80 valence electrons. The zero-order valence-electron chi connectivity index (χ0n) is 9.34. The molecule has 3 nitrogen and oxygen atoms in total. The van der Waals surface area contributed by atoms with E-state index in [-0.39, 0.29) is 6.23 Å². The van der Waals surface area contributed by atoms with Crippen molar-refractivity contribution in [1.29, 1.82) is 0 Å². The van der Waals surface area contributed by atoms with E-state index in [4.69, 9.17) is 4.84 Å². The highest BCUT2D eigenvalue weighted by Gasteiger charge is 2.07. The molecule has 2 rings (SSSR count). The molecule has 1 atom stereocenters. The summed E-state index contributed by atoms with van der Waals surface area (Å²) in [5.74, 6) is 0. The number of rotatable bonds is 3. The van der Waals surface area contributed by atoms with Crippen LogP contribution in [0.15, 0.2) is 36.5 Å². The predicted octanol–water partition coefficient (Wildman–Crippen LogP) is 1.98. The van der Waals surface area contributed by atoms with Gasteiger partial charge in [-0.05, 0) is 33.2 Å². The fraction of sp³-hybridized carbons (Fsp3) is 0.333. The fourth-order valence-electron chi connectivity index (χ4n) is 1.41. The first-order valence-corrected chi connectivity index (χ1v) is 5.08. The summed E-state index contributed by atoms with van der Waals surface area (Å²) in [5, 5.41) is 1.20. The van der Waals surface area contributed by atoms with E-state index in [0.29, 0.717) is 0 Å². The fourth-order valence-corrected chi connectivity index (χ4v) is 1.41. The zero-order valence-corrected chi connectivity index (χ0v) is 9.34. The van der Waals surface area contributed by atoms with E-state index >= 15 is 0 Å². The standard InChI is InChI=1S/C12H16N2O/c1-10(13(2)3)15-14-9-8-11-6-4-5-7-12(11)14/h4-10H,1-3H3. The maximum atomic E-state index is 5.77. The molecule has 2 aromatic rings. The third kappa shape index (κ3) is 1.97. The first-order chi connectivity index (χ1) is 7.18. The van der Waals surface area contributed by atoms with Crippen LogP contribution in [0, 0.1) is 0 Å². The molecule has 3 heteroatoms. The van der Waals surface area contributed by atoms with E-state index < -0.39 is 0 Å². The Bertz CT molecular complexity index is 448. The minimum atomic E-state index is 0.0563.